The average Bonchev–Trinajstić information content (AvgIpc) is 2.21. The van der Waals surface area contributed by atoms with Crippen molar-refractivity contribution in [2.24, 2.45) is 0 Å². The summed E-state index contributed by atoms with van der Waals surface area (Å²) in [5.74, 6) is 0.255. The van der Waals surface area contributed by atoms with Gasteiger partial charge >= 0.3 is 5.63 Å². The van der Waals surface area contributed by atoms with Crippen molar-refractivity contribution in [3.05, 3.63) is 34.7 Å². The van der Waals surface area contributed by atoms with Crippen molar-refractivity contribution in [2.45, 2.75) is 6.92 Å². The summed E-state index contributed by atoms with van der Waals surface area (Å²) in [6, 6.07) is 6.48. The highest BCUT2D eigenvalue weighted by atomic mass is 16.5. The van der Waals surface area contributed by atoms with Gasteiger partial charge in [0.15, 0.2) is 0 Å². The van der Waals surface area contributed by atoms with E-state index < -0.39 is 5.63 Å². The summed E-state index contributed by atoms with van der Waals surface area (Å²) in [4.78, 5) is 11.0. The fourth-order valence-corrected chi connectivity index (χ4v) is 1.34. The molecule has 4 nitrogen and oxygen atoms in total. The van der Waals surface area contributed by atoms with Crippen LogP contribution in [0.1, 0.15) is 6.92 Å². The summed E-state index contributed by atoms with van der Waals surface area (Å²) in [6.07, 6.45) is 0. The first kappa shape index (κ1) is 9.58. The van der Waals surface area contributed by atoms with Gasteiger partial charge in [-0.3, -0.25) is 0 Å². The van der Waals surface area contributed by atoms with E-state index in [9.17, 15) is 4.79 Å². The molecule has 0 bridgehead atoms. The Labute approximate surface area is 85.7 Å². The van der Waals surface area contributed by atoms with Crippen molar-refractivity contribution < 1.29 is 14.3 Å². The molecular weight excluding hydrogens is 196 g/mol. The third kappa shape index (κ3) is 1.79. The van der Waals surface area contributed by atoms with Crippen LogP contribution in [-0.2, 0) is 0 Å². The lowest BCUT2D eigenvalue weighted by atomic mass is 10.2. The van der Waals surface area contributed by atoms with E-state index in [-0.39, 0.29) is 5.75 Å². The molecule has 1 heterocycles. The van der Waals surface area contributed by atoms with Crippen molar-refractivity contribution >= 4 is 11.0 Å². The molecule has 15 heavy (non-hydrogen) atoms. The van der Waals surface area contributed by atoms with Crippen LogP contribution in [0.25, 0.3) is 11.0 Å². The van der Waals surface area contributed by atoms with E-state index >= 15 is 0 Å². The second kappa shape index (κ2) is 3.65. The summed E-state index contributed by atoms with van der Waals surface area (Å²) in [6.45, 7) is 2.42. The maximum absolute atomic E-state index is 11.0. The van der Waals surface area contributed by atoms with E-state index in [0.717, 1.165) is 0 Å². The van der Waals surface area contributed by atoms with Crippen LogP contribution >= 0.6 is 0 Å². The van der Waals surface area contributed by atoms with E-state index in [2.05, 4.69) is 0 Å². The largest absolute Gasteiger partial charge is 0.502 e. The molecule has 0 aliphatic carbocycles. The molecule has 0 spiro atoms. The van der Waals surface area contributed by atoms with Gasteiger partial charge in [-0.2, -0.15) is 0 Å². The Morgan fingerprint density at radius 1 is 1.40 bits per heavy atom. The van der Waals surface area contributed by atoms with E-state index in [1.165, 1.54) is 6.07 Å². The Morgan fingerprint density at radius 2 is 2.20 bits per heavy atom. The first-order valence-corrected chi connectivity index (χ1v) is 4.60. The Bertz CT molecular complexity index is 542. The molecule has 1 N–H and O–H groups in total. The standard InChI is InChI=1S/C11H10O4/c1-2-14-8-4-3-7-5-9(12)11(13)15-10(7)6-8/h3-6,12H,2H2,1H3. The van der Waals surface area contributed by atoms with Crippen LogP contribution in [0.4, 0.5) is 0 Å². The smallest absolute Gasteiger partial charge is 0.378 e. The van der Waals surface area contributed by atoms with Crippen molar-refractivity contribution in [1.29, 1.82) is 0 Å². The zero-order chi connectivity index (χ0) is 10.8. The number of rotatable bonds is 2. The first-order chi connectivity index (χ1) is 7.20. The minimum Gasteiger partial charge on any atom is -0.502 e. The highest BCUT2D eigenvalue weighted by Gasteiger charge is 2.04. The number of fused-ring (bicyclic) bond motifs is 1. The quantitative estimate of drug-likeness (QED) is 0.762. The zero-order valence-corrected chi connectivity index (χ0v) is 8.19. The van der Waals surface area contributed by atoms with Crippen LogP contribution < -0.4 is 10.4 Å². The molecule has 0 unspecified atom stereocenters. The number of benzene rings is 1. The normalized spacial score (nSPS) is 10.5. The number of hydrogen-bond acceptors (Lipinski definition) is 4. The van der Waals surface area contributed by atoms with Gasteiger partial charge < -0.3 is 14.3 Å². The van der Waals surface area contributed by atoms with Gasteiger partial charge in [0.2, 0.25) is 5.75 Å². The predicted octanol–water partition coefficient (Wildman–Crippen LogP) is 1.90. The van der Waals surface area contributed by atoms with Crippen molar-refractivity contribution in [2.75, 3.05) is 6.61 Å². The molecule has 0 aliphatic heterocycles. The zero-order valence-electron chi connectivity index (χ0n) is 8.19. The Balaban J connectivity index is 2.61. The fourth-order valence-electron chi connectivity index (χ4n) is 1.34. The number of ether oxygens (including phenoxy) is 1. The molecular formula is C11H10O4. The van der Waals surface area contributed by atoms with Gasteiger partial charge in [-0.25, -0.2) is 4.79 Å². The van der Waals surface area contributed by atoms with E-state index in [1.54, 1.807) is 18.2 Å². The number of aromatic hydroxyl groups is 1. The summed E-state index contributed by atoms with van der Waals surface area (Å²) in [5.41, 5.74) is -0.333. The number of hydrogen-bond donors (Lipinski definition) is 1. The second-order valence-corrected chi connectivity index (χ2v) is 3.05. The van der Waals surface area contributed by atoms with Crippen molar-refractivity contribution in [1.82, 2.24) is 0 Å². The molecule has 78 valence electrons. The molecule has 0 saturated heterocycles. The molecule has 1 aromatic carbocycles. The maximum Gasteiger partial charge on any atom is 0.378 e. The predicted molar refractivity (Wildman–Crippen MR) is 55.3 cm³/mol. The van der Waals surface area contributed by atoms with Crippen molar-refractivity contribution in [3.8, 4) is 11.5 Å². The molecule has 0 radical (unpaired) electrons. The lowest BCUT2D eigenvalue weighted by molar-refractivity contribution is 0.340. The molecule has 0 aliphatic rings. The Morgan fingerprint density at radius 3 is 2.93 bits per heavy atom. The van der Waals surface area contributed by atoms with Gasteiger partial charge in [-0.05, 0) is 25.1 Å². The Kier molecular flexibility index (Phi) is 2.33. The van der Waals surface area contributed by atoms with Gasteiger partial charge in [-0.15, -0.1) is 0 Å². The molecule has 0 saturated carbocycles. The van der Waals surface area contributed by atoms with Crippen LogP contribution in [0, 0.1) is 0 Å². The van der Waals surface area contributed by atoms with Crippen LogP contribution in [0.5, 0.6) is 11.5 Å². The maximum atomic E-state index is 11.0. The van der Waals surface area contributed by atoms with Gasteiger partial charge in [0.25, 0.3) is 0 Å². The molecule has 4 heteroatoms. The minimum absolute atomic E-state index is 0.383. The summed E-state index contributed by atoms with van der Waals surface area (Å²) < 4.78 is 10.2. The lowest BCUT2D eigenvalue weighted by Crippen LogP contribution is -1.97. The third-order valence-corrected chi connectivity index (χ3v) is 2.00. The van der Waals surface area contributed by atoms with Gasteiger partial charge in [-0.1, -0.05) is 0 Å². The topological polar surface area (TPSA) is 59.7 Å². The highest BCUT2D eigenvalue weighted by Crippen LogP contribution is 2.21. The van der Waals surface area contributed by atoms with Crippen LogP contribution in [0.15, 0.2) is 33.5 Å². The lowest BCUT2D eigenvalue weighted by Gasteiger charge is -2.03. The highest BCUT2D eigenvalue weighted by molar-refractivity contribution is 5.79. The summed E-state index contributed by atoms with van der Waals surface area (Å²) >= 11 is 0. The summed E-state index contributed by atoms with van der Waals surface area (Å²) in [7, 11) is 0. The minimum atomic E-state index is -0.740. The molecule has 0 amide bonds. The van der Waals surface area contributed by atoms with Gasteiger partial charge in [0.05, 0.1) is 6.61 Å². The molecule has 0 fully saturated rings. The summed E-state index contributed by atoms with van der Waals surface area (Å²) in [5, 5.41) is 9.82. The first-order valence-electron chi connectivity index (χ1n) is 4.60. The van der Waals surface area contributed by atoms with E-state index in [1.807, 2.05) is 6.92 Å². The average molecular weight is 206 g/mol. The molecule has 0 atom stereocenters. The van der Waals surface area contributed by atoms with Crippen LogP contribution in [-0.4, -0.2) is 11.7 Å². The second-order valence-electron chi connectivity index (χ2n) is 3.05. The monoisotopic (exact) mass is 206 g/mol. The van der Waals surface area contributed by atoms with E-state index in [4.69, 9.17) is 14.3 Å². The molecule has 2 aromatic rings. The molecule has 1 aromatic heterocycles. The SMILES string of the molecule is CCOc1ccc2cc(O)c(=O)oc2c1. The fraction of sp³-hybridized carbons (Fsp3) is 0.182. The Hall–Kier alpha value is -1.97. The van der Waals surface area contributed by atoms with E-state index in [0.29, 0.717) is 23.3 Å². The molecule has 2 rings (SSSR count). The third-order valence-electron chi connectivity index (χ3n) is 2.00. The van der Waals surface area contributed by atoms with Gasteiger partial charge in [0.1, 0.15) is 11.3 Å². The van der Waals surface area contributed by atoms with Crippen molar-refractivity contribution in [3.63, 3.8) is 0 Å². The van der Waals surface area contributed by atoms with Crippen LogP contribution in [0.3, 0.4) is 0 Å². The van der Waals surface area contributed by atoms with Crippen LogP contribution in [0.2, 0.25) is 0 Å². The van der Waals surface area contributed by atoms with Gasteiger partial charge in [0, 0.05) is 11.5 Å².